The molecule has 0 saturated carbocycles. The SMILES string of the molecule is COc1cc(N)cc(OC)c1.Cc1cccc(C)c1N. The second-order valence-electron chi connectivity index (χ2n) is 4.45. The fraction of sp³-hybridized carbons (Fsp3) is 0.250. The average molecular weight is 274 g/mol. The Morgan fingerprint density at radius 1 is 0.800 bits per heavy atom. The maximum atomic E-state index is 5.68. The number of benzene rings is 2. The summed E-state index contributed by atoms with van der Waals surface area (Å²) in [4.78, 5) is 0. The molecule has 0 aliphatic rings. The number of ether oxygens (including phenoxy) is 2. The molecule has 4 heteroatoms. The zero-order valence-electron chi connectivity index (χ0n) is 12.4. The van der Waals surface area contributed by atoms with Gasteiger partial charge in [0.05, 0.1) is 14.2 Å². The lowest BCUT2D eigenvalue weighted by atomic mass is 10.1. The van der Waals surface area contributed by atoms with Gasteiger partial charge in [0.25, 0.3) is 0 Å². The molecule has 4 nitrogen and oxygen atoms in total. The first-order valence-electron chi connectivity index (χ1n) is 6.28. The third-order valence-corrected chi connectivity index (χ3v) is 2.92. The maximum Gasteiger partial charge on any atom is 0.124 e. The van der Waals surface area contributed by atoms with Crippen molar-refractivity contribution in [3.63, 3.8) is 0 Å². The highest BCUT2D eigenvalue weighted by atomic mass is 16.5. The van der Waals surface area contributed by atoms with E-state index in [-0.39, 0.29) is 0 Å². The molecule has 20 heavy (non-hydrogen) atoms. The second kappa shape index (κ2) is 7.28. The van der Waals surface area contributed by atoms with Crippen LogP contribution < -0.4 is 20.9 Å². The van der Waals surface area contributed by atoms with Gasteiger partial charge in [0, 0.05) is 29.6 Å². The van der Waals surface area contributed by atoms with E-state index < -0.39 is 0 Å². The zero-order chi connectivity index (χ0) is 15.1. The number of hydrogen-bond acceptors (Lipinski definition) is 4. The predicted octanol–water partition coefficient (Wildman–Crippen LogP) is 3.17. The number of anilines is 2. The summed E-state index contributed by atoms with van der Waals surface area (Å²) in [6, 6.07) is 11.3. The van der Waals surface area contributed by atoms with E-state index in [1.165, 1.54) is 0 Å². The molecule has 0 bridgehead atoms. The van der Waals surface area contributed by atoms with Gasteiger partial charge in [-0.1, -0.05) is 18.2 Å². The van der Waals surface area contributed by atoms with Crippen LogP contribution in [0.25, 0.3) is 0 Å². The molecule has 2 aromatic carbocycles. The van der Waals surface area contributed by atoms with Crippen LogP contribution in [0.2, 0.25) is 0 Å². The first-order valence-corrected chi connectivity index (χ1v) is 6.28. The van der Waals surface area contributed by atoms with Crippen LogP contribution in [0.15, 0.2) is 36.4 Å². The van der Waals surface area contributed by atoms with Crippen molar-refractivity contribution >= 4 is 11.4 Å². The quantitative estimate of drug-likeness (QED) is 0.825. The third-order valence-electron chi connectivity index (χ3n) is 2.92. The lowest BCUT2D eigenvalue weighted by Crippen LogP contribution is -1.91. The van der Waals surface area contributed by atoms with Crippen LogP contribution in [0.4, 0.5) is 11.4 Å². The molecule has 0 radical (unpaired) electrons. The van der Waals surface area contributed by atoms with Crippen molar-refractivity contribution in [3.05, 3.63) is 47.5 Å². The minimum atomic E-state index is 0.640. The molecule has 0 fully saturated rings. The Balaban J connectivity index is 0.000000204. The third kappa shape index (κ3) is 4.39. The molecular weight excluding hydrogens is 252 g/mol. The largest absolute Gasteiger partial charge is 0.497 e. The van der Waals surface area contributed by atoms with Crippen molar-refractivity contribution in [2.75, 3.05) is 25.7 Å². The van der Waals surface area contributed by atoms with E-state index in [9.17, 15) is 0 Å². The molecule has 108 valence electrons. The highest BCUT2D eigenvalue weighted by molar-refractivity contribution is 5.52. The van der Waals surface area contributed by atoms with Gasteiger partial charge in [0.1, 0.15) is 11.5 Å². The first-order chi connectivity index (χ1) is 9.47. The molecule has 2 aromatic rings. The molecule has 0 amide bonds. The van der Waals surface area contributed by atoms with Gasteiger partial charge in [-0.25, -0.2) is 0 Å². The Labute approximate surface area is 120 Å². The van der Waals surface area contributed by atoms with Gasteiger partial charge in [-0.05, 0) is 25.0 Å². The summed E-state index contributed by atoms with van der Waals surface area (Å²) >= 11 is 0. The molecule has 4 N–H and O–H groups in total. The summed E-state index contributed by atoms with van der Waals surface area (Å²) in [6.45, 7) is 4.03. The van der Waals surface area contributed by atoms with Crippen LogP contribution in [-0.2, 0) is 0 Å². The number of nitrogen functional groups attached to an aromatic ring is 2. The molecule has 0 atom stereocenters. The number of rotatable bonds is 2. The fourth-order valence-corrected chi connectivity index (χ4v) is 1.66. The Morgan fingerprint density at radius 3 is 1.60 bits per heavy atom. The number of aryl methyl sites for hydroxylation is 2. The lowest BCUT2D eigenvalue weighted by Gasteiger charge is -2.04. The highest BCUT2D eigenvalue weighted by Crippen LogP contribution is 2.23. The Morgan fingerprint density at radius 2 is 1.25 bits per heavy atom. The van der Waals surface area contributed by atoms with Gasteiger partial charge < -0.3 is 20.9 Å². The van der Waals surface area contributed by atoms with Crippen molar-refractivity contribution in [1.29, 1.82) is 0 Å². The van der Waals surface area contributed by atoms with Crippen molar-refractivity contribution < 1.29 is 9.47 Å². The van der Waals surface area contributed by atoms with E-state index in [0.29, 0.717) is 17.2 Å². The topological polar surface area (TPSA) is 70.5 Å². The fourth-order valence-electron chi connectivity index (χ4n) is 1.66. The van der Waals surface area contributed by atoms with Crippen LogP contribution in [0.5, 0.6) is 11.5 Å². The Bertz CT molecular complexity index is 526. The summed E-state index contributed by atoms with van der Waals surface area (Å²) in [5.74, 6) is 1.42. The van der Waals surface area contributed by atoms with Gasteiger partial charge in [-0.3, -0.25) is 0 Å². The normalized spacial score (nSPS) is 9.40. The van der Waals surface area contributed by atoms with Gasteiger partial charge in [-0.2, -0.15) is 0 Å². The maximum absolute atomic E-state index is 5.68. The van der Waals surface area contributed by atoms with E-state index >= 15 is 0 Å². The summed E-state index contributed by atoms with van der Waals surface area (Å²) in [5.41, 5.74) is 15.1. The van der Waals surface area contributed by atoms with Gasteiger partial charge in [0.15, 0.2) is 0 Å². The van der Waals surface area contributed by atoms with Crippen LogP contribution in [-0.4, -0.2) is 14.2 Å². The lowest BCUT2D eigenvalue weighted by molar-refractivity contribution is 0.395. The zero-order valence-corrected chi connectivity index (χ0v) is 12.4. The second-order valence-corrected chi connectivity index (χ2v) is 4.45. The molecule has 0 spiro atoms. The standard InChI is InChI=1S/C8H11NO2.C8H11N/c1-10-7-3-6(9)4-8(5-7)11-2;1-6-4-3-5-7(2)8(6)9/h3-5H,9H2,1-2H3;3-5H,9H2,1-2H3. The van der Waals surface area contributed by atoms with Crippen molar-refractivity contribution in [2.45, 2.75) is 13.8 Å². The summed E-state index contributed by atoms with van der Waals surface area (Å²) in [6.07, 6.45) is 0. The molecule has 0 aliphatic heterocycles. The van der Waals surface area contributed by atoms with Gasteiger partial charge in [-0.15, -0.1) is 0 Å². The molecule has 0 aromatic heterocycles. The van der Waals surface area contributed by atoms with E-state index in [2.05, 4.69) is 0 Å². The van der Waals surface area contributed by atoms with Crippen LogP contribution in [0, 0.1) is 13.8 Å². The smallest absolute Gasteiger partial charge is 0.124 e. The van der Waals surface area contributed by atoms with E-state index in [0.717, 1.165) is 16.8 Å². The highest BCUT2D eigenvalue weighted by Gasteiger charge is 1.97. The van der Waals surface area contributed by atoms with Crippen molar-refractivity contribution in [3.8, 4) is 11.5 Å². The van der Waals surface area contributed by atoms with Gasteiger partial charge in [0.2, 0.25) is 0 Å². The molecule has 0 saturated heterocycles. The minimum Gasteiger partial charge on any atom is -0.497 e. The number of hydrogen-bond donors (Lipinski definition) is 2. The van der Waals surface area contributed by atoms with Crippen LogP contribution >= 0.6 is 0 Å². The molecule has 0 heterocycles. The monoisotopic (exact) mass is 274 g/mol. The molecular formula is C16H22N2O2. The summed E-state index contributed by atoms with van der Waals surface area (Å²) < 4.78 is 9.96. The van der Waals surface area contributed by atoms with Crippen LogP contribution in [0.1, 0.15) is 11.1 Å². The Hall–Kier alpha value is -2.36. The first kappa shape index (κ1) is 15.7. The molecule has 0 aliphatic carbocycles. The van der Waals surface area contributed by atoms with E-state index in [1.807, 2.05) is 32.0 Å². The van der Waals surface area contributed by atoms with Gasteiger partial charge >= 0.3 is 0 Å². The average Bonchev–Trinajstić information content (AvgIpc) is 2.44. The summed E-state index contributed by atoms with van der Waals surface area (Å²) in [7, 11) is 3.18. The predicted molar refractivity (Wildman–Crippen MR) is 84.3 cm³/mol. The Kier molecular flexibility index (Phi) is 5.72. The summed E-state index contributed by atoms with van der Waals surface area (Å²) in [5, 5.41) is 0. The molecule has 0 unspecified atom stereocenters. The number of para-hydroxylation sites is 1. The number of methoxy groups -OCH3 is 2. The van der Waals surface area contributed by atoms with E-state index in [1.54, 1.807) is 32.4 Å². The molecule has 2 rings (SSSR count). The number of nitrogens with two attached hydrogens (primary N) is 2. The van der Waals surface area contributed by atoms with E-state index in [4.69, 9.17) is 20.9 Å². The van der Waals surface area contributed by atoms with Crippen LogP contribution in [0.3, 0.4) is 0 Å². The minimum absolute atomic E-state index is 0.640. The van der Waals surface area contributed by atoms with Crippen molar-refractivity contribution in [1.82, 2.24) is 0 Å². The van der Waals surface area contributed by atoms with Crippen molar-refractivity contribution in [2.24, 2.45) is 0 Å².